The van der Waals surface area contributed by atoms with Crippen LogP contribution < -0.4 is 4.74 Å². The fraction of sp³-hybridized carbons (Fsp3) is 0.500. The number of amides is 1. The van der Waals surface area contributed by atoms with Crippen LogP contribution in [-0.2, 0) is 20.6 Å². The minimum Gasteiger partial charge on any atom is -0.497 e. The van der Waals surface area contributed by atoms with E-state index >= 15 is 0 Å². The number of fused-ring (bicyclic) bond motifs is 1. The zero-order valence-electron chi connectivity index (χ0n) is 16.1. The summed E-state index contributed by atoms with van der Waals surface area (Å²) in [6.45, 7) is 12.4. The second-order valence-corrected chi connectivity index (χ2v) is 12.1. The molecule has 0 N–H and O–H groups in total. The highest BCUT2D eigenvalue weighted by atomic mass is 28.4. The summed E-state index contributed by atoms with van der Waals surface area (Å²) in [7, 11) is -0.625. The van der Waals surface area contributed by atoms with E-state index in [0.717, 1.165) is 23.2 Å². The van der Waals surface area contributed by atoms with Gasteiger partial charge >= 0.3 is 0 Å². The third-order valence-corrected chi connectivity index (χ3v) is 9.15. The van der Waals surface area contributed by atoms with Crippen molar-refractivity contribution < 1.29 is 18.8 Å². The smallest absolute Gasteiger partial charge is 0.226 e. The predicted octanol–water partition coefficient (Wildman–Crippen LogP) is 3.16. The maximum atomic E-state index is 13.1. The molecule has 2 fully saturated rings. The molecule has 140 valence electrons. The Morgan fingerprint density at radius 1 is 1.38 bits per heavy atom. The molecule has 5 nitrogen and oxygen atoms in total. The Balaban J connectivity index is 2.06. The first-order chi connectivity index (χ1) is 12.2. The van der Waals surface area contributed by atoms with Crippen LogP contribution >= 0.6 is 0 Å². The van der Waals surface area contributed by atoms with Crippen LogP contribution in [0, 0.1) is 5.92 Å². The average molecular weight is 374 g/mol. The highest BCUT2D eigenvalue weighted by molar-refractivity contribution is 6.74. The van der Waals surface area contributed by atoms with Crippen molar-refractivity contribution in [1.29, 1.82) is 0 Å². The van der Waals surface area contributed by atoms with Crippen LogP contribution in [0.3, 0.4) is 0 Å². The van der Waals surface area contributed by atoms with Crippen molar-refractivity contribution in [3.05, 3.63) is 42.0 Å². The van der Waals surface area contributed by atoms with Crippen molar-refractivity contribution in [3.8, 4) is 5.75 Å². The third-order valence-electron chi connectivity index (χ3n) is 5.85. The lowest BCUT2D eigenvalue weighted by atomic mass is 9.84. The van der Waals surface area contributed by atoms with Crippen LogP contribution in [0.2, 0.25) is 18.6 Å². The summed E-state index contributed by atoms with van der Waals surface area (Å²) >= 11 is 0. The van der Waals surface area contributed by atoms with Gasteiger partial charge in [0, 0.05) is 18.0 Å². The van der Waals surface area contributed by atoms with Gasteiger partial charge in [0.1, 0.15) is 17.6 Å². The molecule has 6 heteroatoms. The molecule has 3 rings (SSSR count). The first kappa shape index (κ1) is 18.9. The van der Waals surface area contributed by atoms with Gasteiger partial charge in [-0.1, -0.05) is 31.2 Å². The standard InChI is InChI=1S/C20H27NO4Si/c1-13(2)17-20(12-22)18(26(5,6)25-17)14(3)19(23)21(20)11-15-7-9-16(24-4)10-8-15/h7-10,12,14,17-18H,1,11H2,2-6H3/t14-,17+,18-,20-/m1/s1. The molecule has 1 aromatic carbocycles. The van der Waals surface area contributed by atoms with Crippen LogP contribution in [0.4, 0.5) is 0 Å². The number of methoxy groups -OCH3 is 1. The third kappa shape index (κ3) is 2.55. The van der Waals surface area contributed by atoms with Crippen molar-refractivity contribution in [2.24, 2.45) is 5.92 Å². The van der Waals surface area contributed by atoms with Gasteiger partial charge < -0.3 is 18.9 Å². The SMILES string of the molecule is C=C(C)[C@@H]1O[Si](C)(C)[C@@H]2[C@@H](C)C(=O)N(Cc3ccc(OC)cc3)[C@@]21C=O. The lowest BCUT2D eigenvalue weighted by molar-refractivity contribution is -0.140. The predicted molar refractivity (Wildman–Crippen MR) is 102 cm³/mol. The maximum absolute atomic E-state index is 13.1. The zero-order chi connectivity index (χ0) is 19.3. The summed E-state index contributed by atoms with van der Waals surface area (Å²) < 4.78 is 11.6. The average Bonchev–Trinajstić information content (AvgIpc) is 2.98. The molecule has 2 aliphatic heterocycles. The molecule has 1 aromatic rings. The largest absolute Gasteiger partial charge is 0.497 e. The fourth-order valence-electron chi connectivity index (χ4n) is 4.90. The number of nitrogens with zero attached hydrogens (tertiary/aromatic N) is 1. The molecule has 0 aliphatic carbocycles. The Bertz CT molecular complexity index is 745. The van der Waals surface area contributed by atoms with Gasteiger partial charge in [-0.05, 0) is 37.7 Å². The minimum atomic E-state index is -2.24. The number of hydrogen-bond donors (Lipinski definition) is 0. The van der Waals surface area contributed by atoms with Crippen LogP contribution in [0.5, 0.6) is 5.75 Å². The van der Waals surface area contributed by atoms with E-state index in [1.165, 1.54) is 0 Å². The van der Waals surface area contributed by atoms with Crippen molar-refractivity contribution in [2.45, 2.75) is 50.7 Å². The molecule has 2 saturated heterocycles. The quantitative estimate of drug-likeness (QED) is 0.452. The van der Waals surface area contributed by atoms with E-state index in [1.807, 2.05) is 38.1 Å². The number of rotatable bonds is 5. The van der Waals surface area contributed by atoms with Crippen LogP contribution in [0.1, 0.15) is 19.4 Å². The number of hydrogen-bond acceptors (Lipinski definition) is 4. The molecule has 0 saturated carbocycles. The van der Waals surface area contributed by atoms with Crippen LogP contribution in [-0.4, -0.2) is 44.2 Å². The van der Waals surface area contributed by atoms with E-state index in [-0.39, 0.29) is 17.4 Å². The fourth-order valence-corrected chi connectivity index (χ4v) is 8.88. The zero-order valence-corrected chi connectivity index (χ0v) is 17.1. The van der Waals surface area contributed by atoms with Crippen molar-refractivity contribution in [2.75, 3.05) is 7.11 Å². The minimum absolute atomic E-state index is 0.0213. The molecule has 0 aromatic heterocycles. The molecule has 2 aliphatic rings. The molecule has 1 amide bonds. The Labute approximate surface area is 156 Å². The Morgan fingerprint density at radius 3 is 2.50 bits per heavy atom. The van der Waals surface area contributed by atoms with Gasteiger partial charge in [0.15, 0.2) is 8.32 Å². The molecule has 0 radical (unpaired) electrons. The molecule has 4 atom stereocenters. The van der Waals surface area contributed by atoms with Gasteiger partial charge in [-0.3, -0.25) is 4.79 Å². The number of likely N-dealkylation sites (tertiary alicyclic amines) is 1. The van der Waals surface area contributed by atoms with Crippen molar-refractivity contribution in [3.63, 3.8) is 0 Å². The Kier molecular flexibility index (Phi) is 4.61. The number of aldehydes is 1. The first-order valence-corrected chi connectivity index (χ1v) is 11.9. The molecule has 0 bridgehead atoms. The molecular weight excluding hydrogens is 346 g/mol. The van der Waals surface area contributed by atoms with Crippen LogP contribution in [0.15, 0.2) is 36.4 Å². The molecule has 0 spiro atoms. The lowest BCUT2D eigenvalue weighted by Gasteiger charge is -2.38. The molecule has 0 unspecified atom stereocenters. The molecular formula is C20H27NO4Si. The van der Waals surface area contributed by atoms with E-state index in [9.17, 15) is 9.59 Å². The summed E-state index contributed by atoms with van der Waals surface area (Å²) in [6, 6.07) is 7.59. The van der Waals surface area contributed by atoms with Gasteiger partial charge in [0.2, 0.25) is 5.91 Å². The van der Waals surface area contributed by atoms with E-state index in [0.29, 0.717) is 6.54 Å². The van der Waals surface area contributed by atoms with Gasteiger partial charge in [-0.2, -0.15) is 0 Å². The van der Waals surface area contributed by atoms with E-state index in [2.05, 4.69) is 19.7 Å². The summed E-state index contributed by atoms with van der Waals surface area (Å²) in [5, 5.41) is 0. The number of carbonyl (C=O) groups is 2. The van der Waals surface area contributed by atoms with Gasteiger partial charge in [0.25, 0.3) is 0 Å². The summed E-state index contributed by atoms with van der Waals surface area (Å²) in [5.74, 6) is 0.549. The Morgan fingerprint density at radius 2 is 2.00 bits per heavy atom. The van der Waals surface area contributed by atoms with Crippen LogP contribution in [0.25, 0.3) is 0 Å². The molecule has 26 heavy (non-hydrogen) atoms. The summed E-state index contributed by atoms with van der Waals surface area (Å²) in [6.07, 6.45) is 0.503. The van der Waals surface area contributed by atoms with Gasteiger partial charge in [-0.25, -0.2) is 0 Å². The summed E-state index contributed by atoms with van der Waals surface area (Å²) in [4.78, 5) is 27.4. The van der Waals surface area contributed by atoms with Crippen molar-refractivity contribution in [1.82, 2.24) is 4.90 Å². The highest BCUT2D eigenvalue weighted by Gasteiger charge is 2.71. The summed E-state index contributed by atoms with van der Waals surface area (Å²) in [5.41, 5.74) is 0.708. The molecule has 2 heterocycles. The van der Waals surface area contributed by atoms with E-state index in [4.69, 9.17) is 9.16 Å². The maximum Gasteiger partial charge on any atom is 0.226 e. The topological polar surface area (TPSA) is 55.8 Å². The first-order valence-electron chi connectivity index (χ1n) is 8.93. The number of benzene rings is 1. The van der Waals surface area contributed by atoms with Gasteiger partial charge in [-0.15, -0.1) is 0 Å². The van der Waals surface area contributed by atoms with Gasteiger partial charge in [0.05, 0.1) is 13.2 Å². The Hall–Kier alpha value is -1.92. The van der Waals surface area contributed by atoms with E-state index in [1.54, 1.807) is 12.0 Å². The number of carbonyl (C=O) groups excluding carboxylic acids is 2. The number of ether oxygens (including phenoxy) is 1. The highest BCUT2D eigenvalue weighted by Crippen LogP contribution is 2.58. The second kappa shape index (κ2) is 6.35. The lowest BCUT2D eigenvalue weighted by Crippen LogP contribution is -2.55. The van der Waals surface area contributed by atoms with E-state index < -0.39 is 20.0 Å². The second-order valence-electron chi connectivity index (χ2n) is 7.99. The monoisotopic (exact) mass is 373 g/mol. The normalized spacial score (nSPS) is 32.4. The van der Waals surface area contributed by atoms with Crippen molar-refractivity contribution >= 4 is 20.5 Å².